The molecule has 1 aromatic carbocycles. The number of carbonyl (C=O) groups excluding carboxylic acids is 2. The molecule has 0 amide bonds. The van der Waals surface area contributed by atoms with Crippen molar-refractivity contribution in [2.45, 2.75) is 0 Å². The van der Waals surface area contributed by atoms with Gasteiger partial charge >= 0.3 is 5.97 Å². The molecule has 0 saturated carbocycles. The first-order valence-electron chi connectivity index (χ1n) is 3.51. The normalized spacial score (nSPS) is 9.38. The van der Waals surface area contributed by atoms with Crippen LogP contribution in [0, 0.1) is 0 Å². The van der Waals surface area contributed by atoms with Crippen molar-refractivity contribution >= 4 is 23.9 Å². The van der Waals surface area contributed by atoms with Gasteiger partial charge in [0.25, 0.3) is 0 Å². The second-order valence-electron chi connectivity index (χ2n) is 2.38. The minimum atomic E-state index is -0.509. The summed E-state index contributed by atoms with van der Waals surface area (Å²) in [6.45, 7) is 0. The maximum absolute atomic E-state index is 11.0. The highest BCUT2D eigenvalue weighted by atomic mass is 35.5. The summed E-state index contributed by atoms with van der Waals surface area (Å²) in [4.78, 5) is 21.4. The van der Waals surface area contributed by atoms with Gasteiger partial charge in [0.05, 0.1) is 12.7 Å². The van der Waals surface area contributed by atoms with E-state index in [0.717, 1.165) is 0 Å². The summed E-state index contributed by atoms with van der Waals surface area (Å²) < 4.78 is 4.48. The molecule has 0 aliphatic carbocycles. The predicted octanol–water partition coefficient (Wildman–Crippen LogP) is 1.94. The first kappa shape index (κ1) is 9.74. The molecule has 68 valence electrons. The molecule has 3 nitrogen and oxygen atoms in total. The van der Waals surface area contributed by atoms with E-state index in [4.69, 9.17) is 11.6 Å². The number of rotatable bonds is 2. The molecule has 13 heavy (non-hydrogen) atoms. The molecule has 0 aliphatic heterocycles. The topological polar surface area (TPSA) is 43.4 Å². The van der Waals surface area contributed by atoms with Crippen molar-refractivity contribution in [3.63, 3.8) is 0 Å². The van der Waals surface area contributed by atoms with Gasteiger partial charge in [-0.2, -0.15) is 0 Å². The highest BCUT2D eigenvalue weighted by Gasteiger charge is 2.07. The number of hydrogen-bond donors (Lipinski definition) is 0. The van der Waals surface area contributed by atoms with E-state index in [-0.39, 0.29) is 5.56 Å². The molecule has 0 aromatic heterocycles. The lowest BCUT2D eigenvalue weighted by atomic mass is 10.1. The Balaban J connectivity index is 3.15. The molecule has 0 N–H and O–H groups in total. The number of aldehydes is 1. The molecule has 0 spiro atoms. The Hall–Kier alpha value is -1.35. The van der Waals surface area contributed by atoms with E-state index >= 15 is 0 Å². The van der Waals surface area contributed by atoms with E-state index in [2.05, 4.69) is 4.74 Å². The maximum Gasteiger partial charge on any atom is 0.337 e. The molecule has 0 heterocycles. The Morgan fingerprint density at radius 2 is 2.15 bits per heavy atom. The second-order valence-corrected chi connectivity index (χ2v) is 2.82. The van der Waals surface area contributed by atoms with Gasteiger partial charge in [0, 0.05) is 10.6 Å². The van der Waals surface area contributed by atoms with Crippen LogP contribution in [-0.4, -0.2) is 19.4 Å². The SMILES string of the molecule is COC(=O)c1cc(Cl)cc(C=O)c1. The molecular formula is C9H7ClO3. The summed E-state index contributed by atoms with van der Waals surface area (Å²) in [5.41, 5.74) is 0.630. The van der Waals surface area contributed by atoms with Gasteiger partial charge < -0.3 is 4.74 Å². The van der Waals surface area contributed by atoms with Crippen molar-refractivity contribution in [1.82, 2.24) is 0 Å². The van der Waals surface area contributed by atoms with Gasteiger partial charge in [-0.3, -0.25) is 4.79 Å². The molecule has 1 aromatic rings. The van der Waals surface area contributed by atoms with E-state index in [1.807, 2.05) is 0 Å². The molecule has 4 heteroatoms. The minimum absolute atomic E-state index is 0.275. The number of esters is 1. The summed E-state index contributed by atoms with van der Waals surface area (Å²) in [6.07, 6.45) is 0.623. The lowest BCUT2D eigenvalue weighted by Gasteiger charge is -2.00. The van der Waals surface area contributed by atoms with Gasteiger partial charge in [0.15, 0.2) is 0 Å². The fourth-order valence-electron chi connectivity index (χ4n) is 0.916. The van der Waals surface area contributed by atoms with Crippen LogP contribution in [-0.2, 0) is 4.74 Å². The van der Waals surface area contributed by atoms with E-state index in [9.17, 15) is 9.59 Å². The first-order valence-corrected chi connectivity index (χ1v) is 3.89. The van der Waals surface area contributed by atoms with Crippen LogP contribution in [0.1, 0.15) is 20.7 Å². The number of benzene rings is 1. The molecule has 0 unspecified atom stereocenters. The second kappa shape index (κ2) is 4.05. The predicted molar refractivity (Wildman–Crippen MR) is 48.2 cm³/mol. The zero-order valence-corrected chi connectivity index (χ0v) is 7.67. The van der Waals surface area contributed by atoms with Crippen molar-refractivity contribution < 1.29 is 14.3 Å². The number of carbonyl (C=O) groups is 2. The van der Waals surface area contributed by atoms with Crippen molar-refractivity contribution in [3.05, 3.63) is 34.3 Å². The Morgan fingerprint density at radius 1 is 1.46 bits per heavy atom. The fraction of sp³-hybridized carbons (Fsp3) is 0.111. The molecule has 0 fully saturated rings. The Bertz CT molecular complexity index is 347. The van der Waals surface area contributed by atoms with Crippen LogP contribution in [0.25, 0.3) is 0 Å². The monoisotopic (exact) mass is 198 g/mol. The highest BCUT2D eigenvalue weighted by molar-refractivity contribution is 6.31. The third-order valence-corrected chi connectivity index (χ3v) is 1.70. The van der Waals surface area contributed by atoms with Gasteiger partial charge in [0.2, 0.25) is 0 Å². The maximum atomic E-state index is 11.0. The van der Waals surface area contributed by atoms with Crippen LogP contribution in [0.15, 0.2) is 18.2 Å². The molecule has 0 radical (unpaired) electrons. The average Bonchev–Trinajstić information content (AvgIpc) is 2.15. The number of ether oxygens (including phenoxy) is 1. The summed E-state index contributed by atoms with van der Waals surface area (Å²) in [6, 6.07) is 4.34. The molecular weight excluding hydrogens is 192 g/mol. The Labute approximate surface area is 80.3 Å². The summed E-state index contributed by atoms with van der Waals surface area (Å²) in [5.74, 6) is -0.509. The van der Waals surface area contributed by atoms with Gasteiger partial charge in [-0.25, -0.2) is 4.79 Å². The van der Waals surface area contributed by atoms with E-state index in [1.54, 1.807) is 0 Å². The number of hydrogen-bond acceptors (Lipinski definition) is 3. The van der Waals surface area contributed by atoms with Crippen LogP contribution in [0.2, 0.25) is 5.02 Å². The fourth-order valence-corrected chi connectivity index (χ4v) is 1.16. The molecule has 0 atom stereocenters. The van der Waals surface area contributed by atoms with Crippen LogP contribution >= 0.6 is 11.6 Å². The largest absolute Gasteiger partial charge is 0.465 e. The van der Waals surface area contributed by atoms with E-state index in [0.29, 0.717) is 16.9 Å². The van der Waals surface area contributed by atoms with Crippen molar-refractivity contribution in [3.8, 4) is 0 Å². The van der Waals surface area contributed by atoms with Crippen LogP contribution in [0.4, 0.5) is 0 Å². The number of methoxy groups -OCH3 is 1. The van der Waals surface area contributed by atoms with Gasteiger partial charge in [-0.05, 0) is 18.2 Å². The van der Waals surface area contributed by atoms with Crippen LogP contribution in [0.5, 0.6) is 0 Å². The van der Waals surface area contributed by atoms with Crippen LogP contribution in [0.3, 0.4) is 0 Å². The highest BCUT2D eigenvalue weighted by Crippen LogP contribution is 2.14. The lowest BCUT2D eigenvalue weighted by Crippen LogP contribution is -2.01. The standard InChI is InChI=1S/C9H7ClO3/c1-13-9(12)7-2-6(5-11)3-8(10)4-7/h2-5H,1H3. The first-order chi connectivity index (χ1) is 6.17. The quantitative estimate of drug-likeness (QED) is 0.539. The summed E-state index contributed by atoms with van der Waals surface area (Å²) >= 11 is 5.66. The third-order valence-electron chi connectivity index (χ3n) is 1.48. The summed E-state index contributed by atoms with van der Waals surface area (Å²) in [5, 5.41) is 0.338. The average molecular weight is 199 g/mol. The molecule has 0 aliphatic rings. The number of halogens is 1. The molecule has 0 saturated heterocycles. The molecule has 1 rings (SSSR count). The third kappa shape index (κ3) is 2.29. The van der Waals surface area contributed by atoms with Crippen molar-refractivity contribution in [2.24, 2.45) is 0 Å². The smallest absolute Gasteiger partial charge is 0.337 e. The van der Waals surface area contributed by atoms with E-state index in [1.165, 1.54) is 25.3 Å². The minimum Gasteiger partial charge on any atom is -0.465 e. The van der Waals surface area contributed by atoms with Crippen molar-refractivity contribution in [1.29, 1.82) is 0 Å². The van der Waals surface area contributed by atoms with E-state index < -0.39 is 5.97 Å². The Morgan fingerprint density at radius 3 is 2.69 bits per heavy atom. The summed E-state index contributed by atoms with van der Waals surface area (Å²) in [7, 11) is 1.27. The molecule has 0 bridgehead atoms. The zero-order valence-electron chi connectivity index (χ0n) is 6.91. The van der Waals surface area contributed by atoms with Crippen molar-refractivity contribution in [2.75, 3.05) is 7.11 Å². The van der Waals surface area contributed by atoms with Gasteiger partial charge in [-0.1, -0.05) is 11.6 Å². The van der Waals surface area contributed by atoms with Gasteiger partial charge in [-0.15, -0.1) is 0 Å². The Kier molecular flexibility index (Phi) is 3.03. The van der Waals surface area contributed by atoms with Crippen LogP contribution < -0.4 is 0 Å². The van der Waals surface area contributed by atoms with Gasteiger partial charge in [0.1, 0.15) is 6.29 Å². The zero-order chi connectivity index (χ0) is 9.84. The lowest BCUT2D eigenvalue weighted by molar-refractivity contribution is 0.0600.